The molecule has 88 valence electrons. The molecule has 0 bridgehead atoms. The average Bonchev–Trinajstić information content (AvgIpc) is 2.29. The molecule has 1 aliphatic rings. The van der Waals surface area contributed by atoms with Crippen molar-refractivity contribution in [3.05, 3.63) is 0 Å². The SMILES string of the molecule is C#CC1(OC(=O)C(C)C(=O)O)CCCCC1. The molecule has 1 fully saturated rings. The number of hydrogen-bond donors (Lipinski definition) is 1. The lowest BCUT2D eigenvalue weighted by Crippen LogP contribution is -2.38. The van der Waals surface area contributed by atoms with Gasteiger partial charge in [-0.1, -0.05) is 12.3 Å². The van der Waals surface area contributed by atoms with Gasteiger partial charge in [0.15, 0.2) is 11.5 Å². The third-order valence-corrected chi connectivity index (χ3v) is 2.94. The lowest BCUT2D eigenvalue weighted by Gasteiger charge is -2.32. The second-order valence-corrected chi connectivity index (χ2v) is 4.18. The molecule has 1 aliphatic carbocycles. The Morgan fingerprint density at radius 1 is 1.38 bits per heavy atom. The van der Waals surface area contributed by atoms with Gasteiger partial charge in [0.2, 0.25) is 0 Å². The fourth-order valence-corrected chi connectivity index (χ4v) is 1.78. The molecule has 1 saturated carbocycles. The summed E-state index contributed by atoms with van der Waals surface area (Å²) in [6.07, 6.45) is 9.55. The van der Waals surface area contributed by atoms with Crippen LogP contribution in [0.2, 0.25) is 0 Å². The molecule has 16 heavy (non-hydrogen) atoms. The minimum atomic E-state index is -1.19. The fraction of sp³-hybridized carbons (Fsp3) is 0.667. The van der Waals surface area contributed by atoms with Crippen LogP contribution in [0, 0.1) is 18.3 Å². The summed E-state index contributed by atoms with van der Waals surface area (Å²) in [5.74, 6) is -0.584. The van der Waals surface area contributed by atoms with Crippen LogP contribution < -0.4 is 0 Å². The zero-order valence-electron chi connectivity index (χ0n) is 9.36. The first-order valence-electron chi connectivity index (χ1n) is 5.44. The van der Waals surface area contributed by atoms with Crippen molar-refractivity contribution >= 4 is 11.9 Å². The largest absolute Gasteiger partial charge is 0.481 e. The van der Waals surface area contributed by atoms with Crippen LogP contribution in [0.1, 0.15) is 39.0 Å². The van der Waals surface area contributed by atoms with Crippen LogP contribution in [0.4, 0.5) is 0 Å². The Morgan fingerprint density at radius 2 is 1.94 bits per heavy atom. The highest BCUT2D eigenvalue weighted by molar-refractivity contribution is 5.93. The minimum Gasteiger partial charge on any atom is -0.481 e. The lowest BCUT2D eigenvalue weighted by molar-refractivity contribution is -0.167. The number of carboxylic acids is 1. The van der Waals surface area contributed by atoms with E-state index in [1.807, 2.05) is 0 Å². The number of terminal acetylenes is 1. The van der Waals surface area contributed by atoms with E-state index in [2.05, 4.69) is 5.92 Å². The van der Waals surface area contributed by atoms with E-state index in [0.29, 0.717) is 12.8 Å². The minimum absolute atomic E-state index is 0.627. The van der Waals surface area contributed by atoms with Crippen molar-refractivity contribution < 1.29 is 19.4 Å². The van der Waals surface area contributed by atoms with Crippen LogP contribution in [0.5, 0.6) is 0 Å². The summed E-state index contributed by atoms with van der Waals surface area (Å²) in [4.78, 5) is 22.1. The van der Waals surface area contributed by atoms with Crippen LogP contribution in [-0.2, 0) is 14.3 Å². The number of ether oxygens (including phenoxy) is 1. The number of carbonyl (C=O) groups is 2. The lowest BCUT2D eigenvalue weighted by atomic mass is 9.85. The Balaban J connectivity index is 2.67. The van der Waals surface area contributed by atoms with Gasteiger partial charge in [-0.15, -0.1) is 6.42 Å². The molecule has 0 aromatic carbocycles. The molecule has 0 aromatic rings. The Bertz CT molecular complexity index is 320. The first kappa shape index (κ1) is 12.6. The van der Waals surface area contributed by atoms with E-state index in [-0.39, 0.29) is 0 Å². The van der Waals surface area contributed by atoms with Crippen LogP contribution in [-0.4, -0.2) is 22.6 Å². The Kier molecular flexibility index (Phi) is 3.94. The molecule has 4 nitrogen and oxygen atoms in total. The normalized spacial score (nSPS) is 20.5. The van der Waals surface area contributed by atoms with Gasteiger partial charge in [0.05, 0.1) is 0 Å². The van der Waals surface area contributed by atoms with Gasteiger partial charge in [0.25, 0.3) is 0 Å². The van der Waals surface area contributed by atoms with E-state index in [1.165, 1.54) is 6.92 Å². The van der Waals surface area contributed by atoms with Crippen LogP contribution in [0.25, 0.3) is 0 Å². The highest BCUT2D eigenvalue weighted by atomic mass is 16.6. The second kappa shape index (κ2) is 5.02. The quantitative estimate of drug-likeness (QED) is 0.449. The summed E-state index contributed by atoms with van der Waals surface area (Å²) in [6.45, 7) is 1.30. The first-order chi connectivity index (χ1) is 7.51. The molecule has 0 radical (unpaired) electrons. The Labute approximate surface area is 95.0 Å². The molecule has 4 heteroatoms. The fourth-order valence-electron chi connectivity index (χ4n) is 1.78. The van der Waals surface area contributed by atoms with Crippen molar-refractivity contribution in [3.8, 4) is 12.3 Å². The molecule has 0 aromatic heterocycles. The van der Waals surface area contributed by atoms with Crippen molar-refractivity contribution in [1.82, 2.24) is 0 Å². The standard InChI is InChI=1S/C12H16O4/c1-3-12(7-5-4-6-8-12)16-11(15)9(2)10(13)14/h1,9H,4-8H2,2H3,(H,13,14). The van der Waals surface area contributed by atoms with E-state index in [1.54, 1.807) is 0 Å². The van der Waals surface area contributed by atoms with Crippen molar-refractivity contribution in [2.75, 3.05) is 0 Å². The van der Waals surface area contributed by atoms with Crippen molar-refractivity contribution in [2.24, 2.45) is 5.92 Å². The summed E-state index contributed by atoms with van der Waals surface area (Å²) in [7, 11) is 0. The molecule has 0 aliphatic heterocycles. The van der Waals surface area contributed by atoms with Gasteiger partial charge in [-0.3, -0.25) is 9.59 Å². The van der Waals surface area contributed by atoms with Gasteiger partial charge in [-0.05, 0) is 32.6 Å². The van der Waals surface area contributed by atoms with E-state index < -0.39 is 23.5 Å². The van der Waals surface area contributed by atoms with Crippen LogP contribution in [0.15, 0.2) is 0 Å². The average molecular weight is 224 g/mol. The topological polar surface area (TPSA) is 63.6 Å². The molecular weight excluding hydrogens is 208 g/mol. The maximum absolute atomic E-state index is 11.5. The molecule has 1 N–H and O–H groups in total. The van der Waals surface area contributed by atoms with E-state index in [0.717, 1.165) is 19.3 Å². The highest BCUT2D eigenvalue weighted by Gasteiger charge is 2.36. The highest BCUT2D eigenvalue weighted by Crippen LogP contribution is 2.31. The number of esters is 1. The van der Waals surface area contributed by atoms with Crippen molar-refractivity contribution in [1.29, 1.82) is 0 Å². The summed E-state index contributed by atoms with van der Waals surface area (Å²) in [5.41, 5.74) is -0.876. The molecule has 1 atom stereocenters. The zero-order chi connectivity index (χ0) is 12.2. The molecule has 0 amide bonds. The third kappa shape index (κ3) is 2.75. The molecule has 0 heterocycles. The maximum atomic E-state index is 11.5. The van der Waals surface area contributed by atoms with Gasteiger partial charge in [0.1, 0.15) is 0 Å². The Morgan fingerprint density at radius 3 is 2.38 bits per heavy atom. The zero-order valence-corrected chi connectivity index (χ0v) is 9.36. The second-order valence-electron chi connectivity index (χ2n) is 4.18. The summed E-state index contributed by atoms with van der Waals surface area (Å²) in [5, 5.41) is 8.69. The van der Waals surface area contributed by atoms with E-state index in [9.17, 15) is 9.59 Å². The summed E-state index contributed by atoms with van der Waals surface area (Å²) < 4.78 is 5.20. The summed E-state index contributed by atoms with van der Waals surface area (Å²) in [6, 6.07) is 0. The summed E-state index contributed by atoms with van der Waals surface area (Å²) >= 11 is 0. The van der Waals surface area contributed by atoms with Crippen LogP contribution >= 0.6 is 0 Å². The van der Waals surface area contributed by atoms with E-state index in [4.69, 9.17) is 16.3 Å². The predicted molar refractivity (Wildman–Crippen MR) is 57.5 cm³/mol. The predicted octanol–water partition coefficient (Wildman–Crippen LogP) is 1.59. The maximum Gasteiger partial charge on any atom is 0.321 e. The smallest absolute Gasteiger partial charge is 0.321 e. The third-order valence-electron chi connectivity index (χ3n) is 2.94. The molecule has 0 saturated heterocycles. The van der Waals surface area contributed by atoms with Gasteiger partial charge < -0.3 is 9.84 Å². The van der Waals surface area contributed by atoms with Gasteiger partial charge >= 0.3 is 11.9 Å². The van der Waals surface area contributed by atoms with Crippen molar-refractivity contribution in [2.45, 2.75) is 44.6 Å². The number of carbonyl (C=O) groups excluding carboxylic acids is 1. The Hall–Kier alpha value is -1.50. The van der Waals surface area contributed by atoms with Gasteiger partial charge in [0, 0.05) is 0 Å². The first-order valence-corrected chi connectivity index (χ1v) is 5.44. The molecule has 1 unspecified atom stereocenters. The number of aliphatic carboxylic acids is 1. The monoisotopic (exact) mass is 224 g/mol. The number of rotatable bonds is 3. The molecule has 1 rings (SSSR count). The molecular formula is C12H16O4. The van der Waals surface area contributed by atoms with E-state index >= 15 is 0 Å². The van der Waals surface area contributed by atoms with Gasteiger partial charge in [-0.25, -0.2) is 0 Å². The number of carboxylic acid groups (broad SMARTS) is 1. The van der Waals surface area contributed by atoms with Crippen molar-refractivity contribution in [3.63, 3.8) is 0 Å². The molecule has 0 spiro atoms. The van der Waals surface area contributed by atoms with Gasteiger partial charge in [-0.2, -0.15) is 0 Å². The number of hydrogen-bond acceptors (Lipinski definition) is 3. The van der Waals surface area contributed by atoms with Crippen LogP contribution in [0.3, 0.4) is 0 Å².